The van der Waals surface area contributed by atoms with Crippen LogP contribution in [-0.2, 0) is 4.79 Å². The Morgan fingerprint density at radius 2 is 2.10 bits per heavy atom. The van der Waals surface area contributed by atoms with E-state index in [1.807, 2.05) is 4.90 Å². The summed E-state index contributed by atoms with van der Waals surface area (Å²) in [7, 11) is 1.80. The van der Waals surface area contributed by atoms with Gasteiger partial charge in [0.15, 0.2) is 5.96 Å². The van der Waals surface area contributed by atoms with Crippen LogP contribution in [0.1, 0.15) is 41.0 Å². The molecular weight excluding hydrogens is 264 g/mol. The van der Waals surface area contributed by atoms with Crippen LogP contribution in [0.4, 0.5) is 0 Å². The lowest BCUT2D eigenvalue weighted by atomic mass is 9.96. The molecule has 1 aliphatic carbocycles. The number of carbonyl (C=O) groups excluding carboxylic acids is 1. The zero-order valence-electron chi connectivity index (χ0n) is 14.3. The van der Waals surface area contributed by atoms with E-state index in [9.17, 15) is 4.79 Å². The molecule has 1 amide bonds. The molecule has 2 atom stereocenters. The first kappa shape index (κ1) is 16.1. The van der Waals surface area contributed by atoms with Crippen molar-refractivity contribution in [2.24, 2.45) is 16.8 Å². The van der Waals surface area contributed by atoms with Gasteiger partial charge < -0.3 is 15.1 Å². The Morgan fingerprint density at radius 1 is 1.48 bits per heavy atom. The normalized spacial score (nSPS) is 29.1. The lowest BCUT2D eigenvalue weighted by molar-refractivity contribution is -0.145. The molecule has 0 spiro atoms. The minimum Gasteiger partial charge on any atom is -0.356 e. The van der Waals surface area contributed by atoms with Crippen LogP contribution < -0.4 is 5.32 Å². The van der Waals surface area contributed by atoms with E-state index in [0.717, 1.165) is 30.9 Å². The summed E-state index contributed by atoms with van der Waals surface area (Å²) in [4.78, 5) is 20.9. The fourth-order valence-corrected chi connectivity index (χ4v) is 3.55. The van der Waals surface area contributed by atoms with Gasteiger partial charge in [-0.3, -0.25) is 9.79 Å². The van der Waals surface area contributed by atoms with E-state index < -0.39 is 0 Å². The first-order valence-corrected chi connectivity index (χ1v) is 8.04. The third-order valence-electron chi connectivity index (χ3n) is 4.65. The van der Waals surface area contributed by atoms with Crippen molar-refractivity contribution < 1.29 is 4.79 Å². The molecule has 21 heavy (non-hydrogen) atoms. The molecule has 5 heteroatoms. The summed E-state index contributed by atoms with van der Waals surface area (Å²) < 4.78 is 0. The Bertz CT molecular complexity index is 430. The Balaban J connectivity index is 2.01. The lowest BCUT2D eigenvalue weighted by Gasteiger charge is -2.49. The van der Waals surface area contributed by atoms with Gasteiger partial charge in [0.25, 0.3) is 0 Å². The molecule has 1 saturated carbocycles. The second-order valence-corrected chi connectivity index (χ2v) is 7.43. The fourth-order valence-electron chi connectivity index (χ4n) is 3.55. The van der Waals surface area contributed by atoms with Crippen LogP contribution in [-0.4, -0.2) is 59.9 Å². The van der Waals surface area contributed by atoms with E-state index in [2.05, 4.69) is 49.8 Å². The van der Waals surface area contributed by atoms with Crippen molar-refractivity contribution in [3.63, 3.8) is 0 Å². The van der Waals surface area contributed by atoms with E-state index in [-0.39, 0.29) is 17.5 Å². The summed E-state index contributed by atoms with van der Waals surface area (Å²) in [6.07, 6.45) is 1.30. The van der Waals surface area contributed by atoms with Crippen molar-refractivity contribution in [1.29, 1.82) is 0 Å². The predicted octanol–water partition coefficient (Wildman–Crippen LogP) is 1.55. The molecule has 1 saturated heterocycles. The smallest absolute Gasteiger partial charge is 0.242 e. The van der Waals surface area contributed by atoms with E-state index >= 15 is 0 Å². The zero-order valence-corrected chi connectivity index (χ0v) is 14.3. The molecule has 120 valence electrons. The van der Waals surface area contributed by atoms with Gasteiger partial charge in [0.05, 0.1) is 12.1 Å². The van der Waals surface area contributed by atoms with Crippen molar-refractivity contribution >= 4 is 11.9 Å². The number of nitrogens with one attached hydrogen (secondary N) is 1. The van der Waals surface area contributed by atoms with Gasteiger partial charge in [0, 0.05) is 26.2 Å². The molecule has 2 aliphatic rings. The van der Waals surface area contributed by atoms with Crippen LogP contribution in [0.25, 0.3) is 0 Å². The van der Waals surface area contributed by atoms with Gasteiger partial charge in [-0.05, 0) is 46.0 Å². The molecule has 5 nitrogen and oxygen atoms in total. The van der Waals surface area contributed by atoms with Gasteiger partial charge in [-0.25, -0.2) is 0 Å². The molecule has 2 fully saturated rings. The van der Waals surface area contributed by atoms with Gasteiger partial charge >= 0.3 is 0 Å². The molecule has 1 N–H and O–H groups in total. The van der Waals surface area contributed by atoms with Crippen LogP contribution in [0, 0.1) is 11.8 Å². The Labute approximate surface area is 128 Å². The van der Waals surface area contributed by atoms with Crippen LogP contribution in [0.15, 0.2) is 4.99 Å². The van der Waals surface area contributed by atoms with Crippen LogP contribution in [0.5, 0.6) is 0 Å². The molecule has 0 aromatic rings. The molecule has 2 rings (SSSR count). The molecule has 0 radical (unpaired) electrons. The second-order valence-electron chi connectivity index (χ2n) is 7.43. The summed E-state index contributed by atoms with van der Waals surface area (Å²) in [5, 5.41) is 3.44. The van der Waals surface area contributed by atoms with Crippen molar-refractivity contribution in [1.82, 2.24) is 15.1 Å². The Morgan fingerprint density at radius 3 is 2.52 bits per heavy atom. The van der Waals surface area contributed by atoms with Crippen molar-refractivity contribution in [3.8, 4) is 0 Å². The number of rotatable bonds is 3. The van der Waals surface area contributed by atoms with E-state index in [4.69, 9.17) is 0 Å². The average Bonchev–Trinajstić information content (AvgIpc) is 3.03. The van der Waals surface area contributed by atoms with E-state index in [1.165, 1.54) is 6.42 Å². The molecular formula is C16H30N4O. The summed E-state index contributed by atoms with van der Waals surface area (Å²) >= 11 is 0. The molecule has 0 aromatic heterocycles. The number of amides is 1. The van der Waals surface area contributed by atoms with E-state index in [0.29, 0.717) is 6.54 Å². The second kappa shape index (κ2) is 5.85. The summed E-state index contributed by atoms with van der Waals surface area (Å²) in [5.74, 6) is 2.64. The quantitative estimate of drug-likeness (QED) is 0.634. The summed E-state index contributed by atoms with van der Waals surface area (Å²) in [6, 6.07) is 0.233. The number of hydrogen-bond acceptors (Lipinski definition) is 2. The summed E-state index contributed by atoms with van der Waals surface area (Å²) in [6.45, 7) is 12.9. The molecule has 1 aliphatic heterocycles. The average molecular weight is 294 g/mol. The standard InChI is InChI=1S/C16H30N4O/c1-11(2)20-14(21)9-19(10-16(20,4)5)15(17-6)18-8-13-7-12(13)3/h11-13H,7-10H2,1-6H3,(H,17,18). The first-order chi connectivity index (χ1) is 9.76. The highest BCUT2D eigenvalue weighted by atomic mass is 16.2. The van der Waals surface area contributed by atoms with Gasteiger partial charge in [-0.2, -0.15) is 0 Å². The van der Waals surface area contributed by atoms with Crippen LogP contribution in [0.2, 0.25) is 0 Å². The number of carbonyl (C=O) groups is 1. The number of aliphatic imine (C=N–C) groups is 1. The number of piperazine rings is 1. The highest BCUT2D eigenvalue weighted by Gasteiger charge is 2.41. The minimum absolute atomic E-state index is 0.173. The predicted molar refractivity (Wildman–Crippen MR) is 86.3 cm³/mol. The topological polar surface area (TPSA) is 47.9 Å². The van der Waals surface area contributed by atoms with Gasteiger partial charge in [-0.15, -0.1) is 0 Å². The van der Waals surface area contributed by atoms with Crippen LogP contribution >= 0.6 is 0 Å². The highest BCUT2D eigenvalue weighted by molar-refractivity contribution is 5.88. The van der Waals surface area contributed by atoms with Gasteiger partial charge in [0.1, 0.15) is 0 Å². The van der Waals surface area contributed by atoms with Gasteiger partial charge in [-0.1, -0.05) is 6.92 Å². The van der Waals surface area contributed by atoms with Crippen molar-refractivity contribution in [3.05, 3.63) is 0 Å². The fraction of sp³-hybridized carbons (Fsp3) is 0.875. The number of hydrogen-bond donors (Lipinski definition) is 1. The molecule has 1 heterocycles. The maximum atomic E-state index is 12.5. The SMILES string of the molecule is CN=C(NCC1CC1C)N1CC(=O)N(C(C)C)C(C)(C)C1. The monoisotopic (exact) mass is 294 g/mol. The largest absolute Gasteiger partial charge is 0.356 e. The van der Waals surface area contributed by atoms with E-state index in [1.54, 1.807) is 7.05 Å². The maximum Gasteiger partial charge on any atom is 0.242 e. The van der Waals surface area contributed by atoms with Crippen LogP contribution in [0.3, 0.4) is 0 Å². The Hall–Kier alpha value is -1.26. The molecule has 2 unspecified atom stereocenters. The van der Waals surface area contributed by atoms with Crippen molar-refractivity contribution in [2.45, 2.75) is 52.6 Å². The number of nitrogens with zero attached hydrogens (tertiary/aromatic N) is 3. The zero-order chi connectivity index (χ0) is 15.8. The number of guanidine groups is 1. The highest BCUT2D eigenvalue weighted by Crippen LogP contribution is 2.36. The molecule has 0 bridgehead atoms. The lowest BCUT2D eigenvalue weighted by Crippen LogP contribution is -2.66. The maximum absolute atomic E-state index is 12.5. The third kappa shape index (κ3) is 3.50. The minimum atomic E-state index is -0.173. The Kier molecular flexibility index (Phi) is 4.49. The third-order valence-corrected chi connectivity index (χ3v) is 4.65. The summed E-state index contributed by atoms with van der Waals surface area (Å²) in [5.41, 5.74) is -0.173. The first-order valence-electron chi connectivity index (χ1n) is 8.04. The molecule has 0 aromatic carbocycles. The van der Waals surface area contributed by atoms with Gasteiger partial charge in [0.2, 0.25) is 5.91 Å². The van der Waals surface area contributed by atoms with Crippen molar-refractivity contribution in [2.75, 3.05) is 26.7 Å².